The minimum Gasteiger partial charge on any atom is -0.390 e. The molecule has 0 bridgehead atoms. The summed E-state index contributed by atoms with van der Waals surface area (Å²) in [6.45, 7) is 2.00. The van der Waals surface area contributed by atoms with Crippen LogP contribution in [0.25, 0.3) is 10.9 Å². The number of carbonyl (C=O) groups excluding carboxylic acids is 1. The molecule has 26 heavy (non-hydrogen) atoms. The van der Waals surface area contributed by atoms with E-state index in [0.29, 0.717) is 32.2 Å². The molecule has 0 spiro atoms. The third-order valence-electron chi connectivity index (χ3n) is 5.68. The lowest BCUT2D eigenvalue weighted by Gasteiger charge is -2.34. The van der Waals surface area contributed by atoms with Gasteiger partial charge in [-0.25, -0.2) is 0 Å². The van der Waals surface area contributed by atoms with Crippen molar-refractivity contribution in [2.24, 2.45) is 0 Å². The lowest BCUT2D eigenvalue weighted by molar-refractivity contribution is -0.134. The molecule has 2 heterocycles. The van der Waals surface area contributed by atoms with Gasteiger partial charge >= 0.3 is 0 Å². The molecule has 2 aliphatic rings. The van der Waals surface area contributed by atoms with Crippen LogP contribution in [0.3, 0.4) is 0 Å². The zero-order chi connectivity index (χ0) is 17.9. The lowest BCUT2D eigenvalue weighted by Crippen LogP contribution is -2.45. The number of hydrogen-bond donors (Lipinski definition) is 1. The van der Waals surface area contributed by atoms with E-state index in [1.54, 1.807) is 6.20 Å². The van der Waals surface area contributed by atoms with Gasteiger partial charge in [0, 0.05) is 37.3 Å². The molecule has 2 fully saturated rings. The molecule has 1 aliphatic carbocycles. The SMILES string of the molecule is O=C1CN(Cc2cccc3cccnc23)CC(O)CN1C1CCCCC1. The maximum absolute atomic E-state index is 12.9. The monoisotopic (exact) mass is 353 g/mol. The van der Waals surface area contributed by atoms with Crippen molar-refractivity contribution in [1.29, 1.82) is 0 Å². The molecule has 1 aromatic heterocycles. The van der Waals surface area contributed by atoms with Gasteiger partial charge in [-0.1, -0.05) is 43.5 Å². The van der Waals surface area contributed by atoms with E-state index in [2.05, 4.69) is 28.1 Å². The molecule has 4 rings (SSSR count). The maximum Gasteiger partial charge on any atom is 0.237 e. The first-order valence-electron chi connectivity index (χ1n) is 9.73. The number of para-hydroxylation sites is 1. The fourth-order valence-electron chi connectivity index (χ4n) is 4.43. The topological polar surface area (TPSA) is 56.7 Å². The molecule has 1 aromatic carbocycles. The summed E-state index contributed by atoms with van der Waals surface area (Å²) in [4.78, 5) is 21.4. The highest BCUT2D eigenvalue weighted by atomic mass is 16.3. The van der Waals surface area contributed by atoms with Crippen molar-refractivity contribution in [3.63, 3.8) is 0 Å². The van der Waals surface area contributed by atoms with Crippen LogP contribution in [0.1, 0.15) is 37.7 Å². The molecule has 1 N–H and O–H groups in total. The zero-order valence-electron chi connectivity index (χ0n) is 15.2. The lowest BCUT2D eigenvalue weighted by atomic mass is 9.94. The predicted molar refractivity (Wildman–Crippen MR) is 102 cm³/mol. The highest BCUT2D eigenvalue weighted by molar-refractivity contribution is 5.82. The molecule has 5 nitrogen and oxygen atoms in total. The molecule has 138 valence electrons. The van der Waals surface area contributed by atoms with E-state index in [-0.39, 0.29) is 5.91 Å². The van der Waals surface area contributed by atoms with E-state index >= 15 is 0 Å². The molecular weight excluding hydrogens is 326 g/mol. The van der Waals surface area contributed by atoms with Crippen LogP contribution in [0.2, 0.25) is 0 Å². The highest BCUT2D eigenvalue weighted by Gasteiger charge is 2.32. The minimum absolute atomic E-state index is 0.154. The molecule has 1 saturated heterocycles. The van der Waals surface area contributed by atoms with Gasteiger partial charge in [0.15, 0.2) is 0 Å². The first kappa shape index (κ1) is 17.4. The smallest absolute Gasteiger partial charge is 0.237 e. The molecule has 2 aromatic rings. The number of nitrogens with zero attached hydrogens (tertiary/aromatic N) is 3. The van der Waals surface area contributed by atoms with Gasteiger partial charge in [0.25, 0.3) is 0 Å². The molecule has 1 aliphatic heterocycles. The summed E-state index contributed by atoms with van der Waals surface area (Å²) in [6, 6.07) is 10.5. The quantitative estimate of drug-likeness (QED) is 0.921. The average Bonchev–Trinajstić information content (AvgIpc) is 2.80. The summed E-state index contributed by atoms with van der Waals surface area (Å²) < 4.78 is 0. The van der Waals surface area contributed by atoms with Crippen LogP contribution in [0.15, 0.2) is 36.5 Å². The van der Waals surface area contributed by atoms with Gasteiger partial charge in [-0.15, -0.1) is 0 Å². The number of aromatic nitrogens is 1. The van der Waals surface area contributed by atoms with Gasteiger partial charge in [-0.2, -0.15) is 0 Å². The summed E-state index contributed by atoms with van der Waals surface area (Å²) in [5.41, 5.74) is 2.08. The van der Waals surface area contributed by atoms with E-state index in [1.807, 2.05) is 17.0 Å². The fraction of sp³-hybridized carbons (Fsp3) is 0.524. The number of amides is 1. The fourth-order valence-corrected chi connectivity index (χ4v) is 4.43. The van der Waals surface area contributed by atoms with Crippen LogP contribution in [-0.2, 0) is 11.3 Å². The van der Waals surface area contributed by atoms with Gasteiger partial charge in [-0.05, 0) is 24.5 Å². The van der Waals surface area contributed by atoms with Gasteiger partial charge in [0.1, 0.15) is 0 Å². The first-order chi connectivity index (χ1) is 12.7. The standard InChI is InChI=1S/C21H27N3O2/c25-19-13-23(12-17-7-4-6-16-8-5-11-22-21(16)17)15-20(26)24(14-19)18-9-2-1-3-10-18/h4-8,11,18-19,25H,1-3,9-10,12-15H2. The Bertz CT molecular complexity index is 767. The average molecular weight is 353 g/mol. The largest absolute Gasteiger partial charge is 0.390 e. The Balaban J connectivity index is 1.51. The number of carbonyl (C=O) groups is 1. The number of pyridine rings is 1. The van der Waals surface area contributed by atoms with Crippen LogP contribution < -0.4 is 0 Å². The van der Waals surface area contributed by atoms with Crippen molar-refractivity contribution in [3.05, 3.63) is 42.1 Å². The Hall–Kier alpha value is -1.98. The number of aliphatic hydroxyl groups excluding tert-OH is 1. The molecule has 0 radical (unpaired) electrons. The van der Waals surface area contributed by atoms with Crippen LogP contribution in [0.5, 0.6) is 0 Å². The summed E-state index contributed by atoms with van der Waals surface area (Å²) in [5.74, 6) is 0.154. The summed E-state index contributed by atoms with van der Waals surface area (Å²) in [7, 11) is 0. The first-order valence-corrected chi connectivity index (χ1v) is 9.73. The Labute approximate surface area is 154 Å². The van der Waals surface area contributed by atoms with Gasteiger partial charge in [0.2, 0.25) is 5.91 Å². The predicted octanol–water partition coefficient (Wildman–Crippen LogP) is 2.57. The second-order valence-corrected chi connectivity index (χ2v) is 7.65. The summed E-state index contributed by atoms with van der Waals surface area (Å²) >= 11 is 0. The van der Waals surface area contributed by atoms with Crippen molar-refractivity contribution >= 4 is 16.8 Å². The van der Waals surface area contributed by atoms with Crippen molar-refractivity contribution in [1.82, 2.24) is 14.8 Å². The maximum atomic E-state index is 12.9. The van der Waals surface area contributed by atoms with E-state index < -0.39 is 6.10 Å². The molecule has 1 saturated carbocycles. The third-order valence-corrected chi connectivity index (χ3v) is 5.68. The number of β-amino-alcohol motifs (C(OH)–C–C–N with tert-alkyl or cyclic N) is 1. The van der Waals surface area contributed by atoms with Crippen LogP contribution in [0, 0.1) is 0 Å². The van der Waals surface area contributed by atoms with Crippen molar-refractivity contribution in [2.75, 3.05) is 19.6 Å². The van der Waals surface area contributed by atoms with Crippen molar-refractivity contribution in [3.8, 4) is 0 Å². The molecule has 1 atom stereocenters. The minimum atomic E-state index is -0.494. The second kappa shape index (κ2) is 7.72. The number of fused-ring (bicyclic) bond motifs is 1. The van der Waals surface area contributed by atoms with Gasteiger partial charge in [-0.3, -0.25) is 14.7 Å². The van der Waals surface area contributed by atoms with Crippen molar-refractivity contribution in [2.45, 2.75) is 50.8 Å². The summed E-state index contributed by atoms with van der Waals surface area (Å²) in [6.07, 6.45) is 7.11. The Kier molecular flexibility index (Phi) is 5.18. The number of aliphatic hydroxyl groups is 1. The molecular formula is C21H27N3O2. The van der Waals surface area contributed by atoms with Crippen molar-refractivity contribution < 1.29 is 9.90 Å². The zero-order valence-corrected chi connectivity index (χ0v) is 15.2. The third kappa shape index (κ3) is 3.74. The Morgan fingerprint density at radius 3 is 2.73 bits per heavy atom. The number of hydrogen-bond acceptors (Lipinski definition) is 4. The Morgan fingerprint density at radius 1 is 1.08 bits per heavy atom. The van der Waals surface area contributed by atoms with E-state index in [4.69, 9.17) is 0 Å². The second-order valence-electron chi connectivity index (χ2n) is 7.65. The van der Waals surface area contributed by atoms with E-state index in [0.717, 1.165) is 29.3 Å². The van der Waals surface area contributed by atoms with Gasteiger partial charge in [0.05, 0.1) is 18.2 Å². The molecule has 1 unspecified atom stereocenters. The van der Waals surface area contributed by atoms with Crippen LogP contribution in [0.4, 0.5) is 0 Å². The highest BCUT2D eigenvalue weighted by Crippen LogP contribution is 2.25. The Morgan fingerprint density at radius 2 is 1.88 bits per heavy atom. The van der Waals surface area contributed by atoms with E-state index in [9.17, 15) is 9.90 Å². The van der Waals surface area contributed by atoms with Gasteiger partial charge < -0.3 is 10.0 Å². The number of rotatable bonds is 3. The van der Waals surface area contributed by atoms with Crippen LogP contribution in [-0.4, -0.2) is 57.6 Å². The number of benzene rings is 1. The molecule has 1 amide bonds. The molecule has 5 heteroatoms. The van der Waals surface area contributed by atoms with E-state index in [1.165, 1.54) is 19.3 Å². The van der Waals surface area contributed by atoms with Crippen LogP contribution >= 0.6 is 0 Å². The normalized spacial score (nSPS) is 23.3. The summed E-state index contributed by atoms with van der Waals surface area (Å²) in [5, 5.41) is 11.6.